The maximum atomic E-state index is 14.4. The molecule has 3 aromatic rings. The Kier molecular flexibility index (Phi) is 8.10. The van der Waals surface area contributed by atoms with Gasteiger partial charge < -0.3 is 14.2 Å². The van der Waals surface area contributed by atoms with Crippen molar-refractivity contribution in [2.75, 3.05) is 20.8 Å². The van der Waals surface area contributed by atoms with E-state index in [0.717, 1.165) is 11.1 Å². The van der Waals surface area contributed by atoms with Crippen LogP contribution in [-0.4, -0.2) is 38.3 Å². The summed E-state index contributed by atoms with van der Waals surface area (Å²) < 4.78 is 31.0. The first-order chi connectivity index (χ1) is 19.4. The molecule has 1 unspecified atom stereocenters. The zero-order valence-corrected chi connectivity index (χ0v) is 22.9. The molecule has 1 heterocycles. The van der Waals surface area contributed by atoms with Crippen LogP contribution in [0.3, 0.4) is 0 Å². The molecule has 0 aromatic heterocycles. The molecular formula is C33H32FNO5. The molecule has 1 aliphatic heterocycles. The topological polar surface area (TPSA) is 74.2 Å². The van der Waals surface area contributed by atoms with Gasteiger partial charge in [-0.05, 0) is 60.2 Å². The lowest BCUT2D eigenvalue weighted by Gasteiger charge is -2.36. The molecule has 3 aromatic carbocycles. The average Bonchev–Trinajstić information content (AvgIpc) is 2.96. The molecule has 5 rings (SSSR count). The number of Topliss-reactive ketones (excluding diaryl/α,β-unsaturated/α-hetero) is 1. The van der Waals surface area contributed by atoms with E-state index in [1.807, 2.05) is 48.5 Å². The number of nitrogens with zero attached hydrogens (tertiary/aromatic N) is 1. The Hall–Kier alpha value is -4.26. The Balaban J connectivity index is 1.46. The van der Waals surface area contributed by atoms with Gasteiger partial charge in [-0.2, -0.15) is 0 Å². The van der Waals surface area contributed by atoms with E-state index in [0.29, 0.717) is 46.9 Å². The van der Waals surface area contributed by atoms with Crippen molar-refractivity contribution < 1.29 is 28.2 Å². The molecule has 2 aliphatic rings. The molecule has 6 nitrogen and oxygen atoms in total. The number of rotatable bonds is 8. The fourth-order valence-corrected chi connectivity index (χ4v) is 5.77. The van der Waals surface area contributed by atoms with Gasteiger partial charge in [-0.3, -0.25) is 14.6 Å². The zero-order valence-electron chi connectivity index (χ0n) is 22.9. The number of hydrogen-bond donors (Lipinski definition) is 0. The van der Waals surface area contributed by atoms with Crippen molar-refractivity contribution in [2.24, 2.45) is 10.9 Å². The number of methoxy groups -OCH3 is 2. The number of allylic oxidation sites excluding steroid dienone is 2. The van der Waals surface area contributed by atoms with Gasteiger partial charge in [0.15, 0.2) is 17.3 Å². The predicted octanol–water partition coefficient (Wildman–Crippen LogP) is 6.20. The van der Waals surface area contributed by atoms with Crippen molar-refractivity contribution >= 4 is 17.5 Å². The summed E-state index contributed by atoms with van der Waals surface area (Å²) in [5, 5.41) is 0. The second kappa shape index (κ2) is 11.9. The first kappa shape index (κ1) is 27.3. The lowest BCUT2D eigenvalue weighted by atomic mass is 9.69. The number of halogens is 1. The highest BCUT2D eigenvalue weighted by Gasteiger charge is 2.45. The van der Waals surface area contributed by atoms with Crippen LogP contribution in [0.2, 0.25) is 0 Å². The minimum Gasteiger partial charge on any atom is -0.493 e. The van der Waals surface area contributed by atoms with Crippen LogP contribution in [0.5, 0.6) is 11.5 Å². The van der Waals surface area contributed by atoms with E-state index in [9.17, 15) is 14.0 Å². The second-order valence-electron chi connectivity index (χ2n) is 10.2. The number of carbonyl (C=O) groups is 2. The third-order valence-electron chi connectivity index (χ3n) is 7.71. The molecule has 0 amide bonds. The minimum atomic E-state index is -0.821. The molecule has 206 valence electrons. The standard InChI is InChI=1S/C33H32FNO5/c1-20-30(33(37)40-15-14-21-8-5-4-6-9-21)31(23-10-7-11-25(34)16-23)32-26(35-20)17-24(18-27(32)36)22-12-13-28(38-2)29(19-22)39-3/h4-13,16,19,24,30-31H,14-15,17-18H2,1-3H3/t24-,30?,31+/m1/s1. The lowest BCUT2D eigenvalue weighted by Crippen LogP contribution is -2.38. The third kappa shape index (κ3) is 5.55. The molecule has 7 heteroatoms. The summed E-state index contributed by atoms with van der Waals surface area (Å²) in [4.78, 5) is 32.1. The van der Waals surface area contributed by atoms with Crippen molar-refractivity contribution in [2.45, 2.75) is 38.0 Å². The Bertz CT molecular complexity index is 1480. The number of hydrogen-bond acceptors (Lipinski definition) is 6. The van der Waals surface area contributed by atoms with E-state index < -0.39 is 23.6 Å². The summed E-state index contributed by atoms with van der Waals surface area (Å²) in [6.45, 7) is 1.98. The van der Waals surface area contributed by atoms with Gasteiger partial charge in [-0.1, -0.05) is 48.5 Å². The van der Waals surface area contributed by atoms with Crippen LogP contribution in [0.4, 0.5) is 4.39 Å². The SMILES string of the molecule is COc1ccc([C@H]2CC(=O)C3=C(C2)N=C(C)C(C(=O)OCCc2ccccc2)[C@@H]3c2cccc(F)c2)cc1OC. The molecule has 0 radical (unpaired) electrons. The second-order valence-corrected chi connectivity index (χ2v) is 10.2. The molecule has 0 N–H and O–H groups in total. The minimum absolute atomic E-state index is 0.103. The van der Waals surface area contributed by atoms with Crippen molar-refractivity contribution in [1.29, 1.82) is 0 Å². The molecule has 0 fully saturated rings. The summed E-state index contributed by atoms with van der Waals surface area (Å²) in [5.41, 5.74) is 4.21. The van der Waals surface area contributed by atoms with Crippen molar-refractivity contribution in [1.82, 2.24) is 0 Å². The molecule has 0 saturated carbocycles. The number of esters is 1. The maximum absolute atomic E-state index is 14.4. The third-order valence-corrected chi connectivity index (χ3v) is 7.71. The number of carbonyl (C=O) groups excluding carboxylic acids is 2. The Morgan fingerprint density at radius 3 is 2.42 bits per heavy atom. The summed E-state index contributed by atoms with van der Waals surface area (Å²) >= 11 is 0. The van der Waals surface area contributed by atoms with Crippen LogP contribution >= 0.6 is 0 Å². The van der Waals surface area contributed by atoms with Gasteiger partial charge >= 0.3 is 5.97 Å². The Morgan fingerprint density at radius 1 is 0.925 bits per heavy atom. The first-order valence-corrected chi connectivity index (χ1v) is 13.4. The van der Waals surface area contributed by atoms with E-state index in [-0.39, 0.29) is 24.7 Å². The molecular weight excluding hydrogens is 509 g/mol. The molecule has 0 bridgehead atoms. The predicted molar refractivity (Wildman–Crippen MR) is 150 cm³/mol. The van der Waals surface area contributed by atoms with E-state index in [2.05, 4.69) is 0 Å². The van der Waals surface area contributed by atoms with E-state index in [1.54, 1.807) is 33.3 Å². The van der Waals surface area contributed by atoms with E-state index >= 15 is 0 Å². The molecule has 1 aliphatic carbocycles. The highest BCUT2D eigenvalue weighted by molar-refractivity contribution is 6.09. The molecule has 0 spiro atoms. The quantitative estimate of drug-likeness (QED) is 0.317. The van der Waals surface area contributed by atoms with Gasteiger partial charge in [-0.25, -0.2) is 4.39 Å². The lowest BCUT2D eigenvalue weighted by molar-refractivity contribution is -0.146. The summed E-state index contributed by atoms with van der Waals surface area (Å²) in [6, 6.07) is 21.5. The molecule has 40 heavy (non-hydrogen) atoms. The number of ketones is 1. The van der Waals surface area contributed by atoms with E-state index in [1.165, 1.54) is 12.1 Å². The average molecular weight is 542 g/mol. The maximum Gasteiger partial charge on any atom is 0.315 e. The molecule has 0 saturated heterocycles. The molecule has 3 atom stereocenters. The van der Waals surface area contributed by atoms with Crippen LogP contribution in [0.1, 0.15) is 48.3 Å². The largest absolute Gasteiger partial charge is 0.493 e. The van der Waals surface area contributed by atoms with Crippen LogP contribution < -0.4 is 9.47 Å². The van der Waals surface area contributed by atoms with Crippen LogP contribution in [0.25, 0.3) is 0 Å². The Labute approximate surface area is 233 Å². The number of aliphatic imine (C=N–C) groups is 1. The van der Waals surface area contributed by atoms with Crippen LogP contribution in [0.15, 0.2) is 89.1 Å². The zero-order chi connectivity index (χ0) is 28.2. The normalized spacial score (nSPS) is 20.4. The van der Waals surface area contributed by atoms with Crippen LogP contribution in [-0.2, 0) is 20.7 Å². The van der Waals surface area contributed by atoms with Gasteiger partial charge in [0.1, 0.15) is 11.7 Å². The highest BCUT2D eigenvalue weighted by Crippen LogP contribution is 2.47. The summed E-state index contributed by atoms with van der Waals surface area (Å²) in [6.07, 6.45) is 1.32. The highest BCUT2D eigenvalue weighted by atomic mass is 19.1. The summed E-state index contributed by atoms with van der Waals surface area (Å²) in [7, 11) is 3.15. The fourth-order valence-electron chi connectivity index (χ4n) is 5.77. The fraction of sp³-hybridized carbons (Fsp3) is 0.303. The van der Waals surface area contributed by atoms with Gasteiger partial charge in [0.2, 0.25) is 0 Å². The van der Waals surface area contributed by atoms with E-state index in [4.69, 9.17) is 19.2 Å². The van der Waals surface area contributed by atoms with Crippen LogP contribution in [0, 0.1) is 11.7 Å². The van der Waals surface area contributed by atoms with Gasteiger partial charge in [0.05, 0.1) is 20.8 Å². The van der Waals surface area contributed by atoms with Gasteiger partial charge in [0.25, 0.3) is 0 Å². The monoisotopic (exact) mass is 541 g/mol. The number of ether oxygens (including phenoxy) is 3. The van der Waals surface area contributed by atoms with Gasteiger partial charge in [0, 0.05) is 35.7 Å². The number of benzene rings is 3. The van der Waals surface area contributed by atoms with Gasteiger partial charge in [-0.15, -0.1) is 0 Å². The van der Waals surface area contributed by atoms with Crippen molar-refractivity contribution in [3.8, 4) is 11.5 Å². The van der Waals surface area contributed by atoms with Crippen molar-refractivity contribution in [3.05, 3.63) is 107 Å². The van der Waals surface area contributed by atoms with Crippen molar-refractivity contribution in [3.63, 3.8) is 0 Å². The first-order valence-electron chi connectivity index (χ1n) is 13.4. The Morgan fingerprint density at radius 2 is 1.70 bits per heavy atom. The smallest absolute Gasteiger partial charge is 0.315 e. The summed E-state index contributed by atoms with van der Waals surface area (Å²) in [5.74, 6) is -1.41.